The summed E-state index contributed by atoms with van der Waals surface area (Å²) in [6.45, 7) is 3.16. The number of hydrogen-bond acceptors (Lipinski definition) is 1. The lowest BCUT2D eigenvalue weighted by Crippen LogP contribution is -1.97. The Morgan fingerprint density at radius 2 is 0.824 bits per heavy atom. The van der Waals surface area contributed by atoms with Gasteiger partial charge in [-0.25, -0.2) is 0 Å². The van der Waals surface area contributed by atoms with Crippen molar-refractivity contribution in [1.82, 2.24) is 0 Å². The third kappa shape index (κ3) is 19.3. The van der Waals surface area contributed by atoms with Crippen molar-refractivity contribution in [3.8, 4) is 0 Å². The molecule has 0 unspecified atom stereocenters. The monoisotopic (exact) mass is 253 g/mol. The van der Waals surface area contributed by atoms with Gasteiger partial charge in [0, 0.05) is 0 Å². The molecule has 0 saturated carbocycles. The maximum absolute atomic E-state index is 5.46. The number of unbranched alkanes of at least 4 members (excludes halogenated alkanes) is 12. The van der Waals surface area contributed by atoms with Crippen LogP contribution in [0.25, 0.3) is 0 Å². The minimum absolute atomic E-state index is 0. The van der Waals surface area contributed by atoms with E-state index >= 15 is 0 Å². The topological polar surface area (TPSA) is 26.0 Å². The molecule has 0 rings (SSSR count). The lowest BCUT2D eigenvalue weighted by atomic mass is 10.0. The van der Waals surface area contributed by atoms with Gasteiger partial charge >= 0.3 is 23.1 Å². The van der Waals surface area contributed by atoms with Gasteiger partial charge in [-0.1, -0.05) is 84.0 Å². The van der Waals surface area contributed by atoms with Crippen molar-refractivity contribution in [2.75, 3.05) is 6.54 Å². The van der Waals surface area contributed by atoms with Crippen molar-refractivity contribution in [1.29, 1.82) is 0 Å². The summed E-state index contributed by atoms with van der Waals surface area (Å²) >= 11 is 0. The van der Waals surface area contributed by atoms with Gasteiger partial charge in [0.1, 0.15) is 0 Å². The van der Waals surface area contributed by atoms with E-state index in [9.17, 15) is 0 Å². The predicted octanol–water partition coefficient (Wildman–Crippen LogP) is 4.12. The SMILES string of the molecule is CCCCCCCCCCCCCCCN.[MgH2]. The van der Waals surface area contributed by atoms with Crippen LogP contribution in [-0.4, -0.2) is 29.6 Å². The molecular weight excluding hydrogens is 218 g/mol. The standard InChI is InChI=1S/C15H33N.Mg.2H/c1-2-3-4-5-6-7-8-9-10-11-12-13-14-15-16;;;/h2-16H2,1H3;;;. The zero-order chi connectivity index (χ0) is 11.9. The molecule has 0 aliphatic rings. The summed E-state index contributed by atoms with van der Waals surface area (Å²) in [5, 5.41) is 0. The van der Waals surface area contributed by atoms with E-state index in [-0.39, 0.29) is 23.1 Å². The van der Waals surface area contributed by atoms with E-state index in [2.05, 4.69) is 6.92 Å². The Balaban J connectivity index is 0. The first kappa shape index (κ1) is 20.1. The Morgan fingerprint density at radius 3 is 1.12 bits per heavy atom. The van der Waals surface area contributed by atoms with Crippen molar-refractivity contribution >= 4 is 23.1 Å². The lowest BCUT2D eigenvalue weighted by molar-refractivity contribution is 0.540. The van der Waals surface area contributed by atoms with Crippen molar-refractivity contribution in [2.24, 2.45) is 5.73 Å². The molecule has 0 aliphatic heterocycles. The molecule has 0 atom stereocenters. The van der Waals surface area contributed by atoms with Gasteiger partial charge in [0.25, 0.3) is 0 Å². The minimum Gasteiger partial charge on any atom is -0.330 e. The van der Waals surface area contributed by atoms with Crippen molar-refractivity contribution in [3.63, 3.8) is 0 Å². The molecule has 0 aromatic carbocycles. The van der Waals surface area contributed by atoms with Crippen LogP contribution in [0.5, 0.6) is 0 Å². The quantitative estimate of drug-likeness (QED) is 0.388. The van der Waals surface area contributed by atoms with E-state index in [4.69, 9.17) is 5.73 Å². The Hall–Kier alpha value is 0.726. The molecule has 0 amide bonds. The zero-order valence-corrected chi connectivity index (χ0v) is 11.5. The maximum atomic E-state index is 5.46. The van der Waals surface area contributed by atoms with E-state index in [0.717, 1.165) is 6.54 Å². The molecule has 102 valence electrons. The second-order valence-corrected chi connectivity index (χ2v) is 5.03. The molecule has 0 aliphatic carbocycles. The first-order valence-corrected chi connectivity index (χ1v) is 7.62. The molecule has 0 aromatic heterocycles. The van der Waals surface area contributed by atoms with Crippen LogP contribution in [0.4, 0.5) is 0 Å². The van der Waals surface area contributed by atoms with Gasteiger partial charge in [-0.15, -0.1) is 0 Å². The van der Waals surface area contributed by atoms with Crippen LogP contribution in [0.2, 0.25) is 0 Å². The summed E-state index contributed by atoms with van der Waals surface area (Å²) in [7, 11) is 0. The van der Waals surface area contributed by atoms with Crippen LogP contribution in [0, 0.1) is 0 Å². The van der Waals surface area contributed by atoms with Crippen molar-refractivity contribution in [2.45, 2.75) is 90.4 Å². The summed E-state index contributed by atoms with van der Waals surface area (Å²) in [6, 6.07) is 0. The Bertz CT molecular complexity index is 103. The van der Waals surface area contributed by atoms with Crippen LogP contribution < -0.4 is 5.73 Å². The van der Waals surface area contributed by atoms with Gasteiger partial charge in [0.2, 0.25) is 0 Å². The highest BCUT2D eigenvalue weighted by molar-refractivity contribution is 5.75. The largest absolute Gasteiger partial charge is 0.330 e. The Morgan fingerprint density at radius 1 is 0.529 bits per heavy atom. The van der Waals surface area contributed by atoms with Gasteiger partial charge < -0.3 is 5.73 Å². The molecule has 0 radical (unpaired) electrons. The van der Waals surface area contributed by atoms with E-state index in [1.807, 2.05) is 0 Å². The normalized spacial score (nSPS) is 10.2. The molecule has 0 heterocycles. The van der Waals surface area contributed by atoms with Gasteiger partial charge in [-0.2, -0.15) is 0 Å². The first-order chi connectivity index (χ1) is 7.91. The molecule has 2 N–H and O–H groups in total. The highest BCUT2D eigenvalue weighted by atomic mass is 24.3. The second-order valence-electron chi connectivity index (χ2n) is 5.03. The van der Waals surface area contributed by atoms with E-state index in [1.165, 1.54) is 83.5 Å². The van der Waals surface area contributed by atoms with Crippen LogP contribution in [-0.2, 0) is 0 Å². The molecule has 0 bridgehead atoms. The molecule has 1 nitrogen and oxygen atoms in total. The second kappa shape index (κ2) is 19.1. The predicted molar refractivity (Wildman–Crippen MR) is 83.3 cm³/mol. The first-order valence-electron chi connectivity index (χ1n) is 7.62. The van der Waals surface area contributed by atoms with Crippen molar-refractivity contribution < 1.29 is 0 Å². The van der Waals surface area contributed by atoms with E-state index in [1.54, 1.807) is 0 Å². The number of nitrogens with two attached hydrogens (primary N) is 1. The molecule has 0 spiro atoms. The molecular formula is C15H35MgN. The molecule has 2 heteroatoms. The van der Waals surface area contributed by atoms with Crippen LogP contribution in [0.15, 0.2) is 0 Å². The maximum Gasteiger partial charge on any atom is 0.316 e. The average Bonchev–Trinajstić information content (AvgIpc) is 2.31. The number of rotatable bonds is 13. The molecule has 0 saturated heterocycles. The van der Waals surface area contributed by atoms with E-state index in [0.29, 0.717) is 0 Å². The van der Waals surface area contributed by atoms with Crippen LogP contribution >= 0.6 is 0 Å². The lowest BCUT2D eigenvalue weighted by Gasteiger charge is -2.02. The van der Waals surface area contributed by atoms with Crippen molar-refractivity contribution in [3.05, 3.63) is 0 Å². The van der Waals surface area contributed by atoms with E-state index < -0.39 is 0 Å². The zero-order valence-electron chi connectivity index (χ0n) is 11.5. The average molecular weight is 254 g/mol. The number of hydrogen-bond donors (Lipinski definition) is 1. The fourth-order valence-electron chi connectivity index (χ4n) is 2.16. The Labute approximate surface area is 125 Å². The molecule has 17 heavy (non-hydrogen) atoms. The third-order valence-corrected chi connectivity index (χ3v) is 3.31. The summed E-state index contributed by atoms with van der Waals surface area (Å²) in [4.78, 5) is 0. The fraction of sp³-hybridized carbons (Fsp3) is 1.00. The summed E-state index contributed by atoms with van der Waals surface area (Å²) < 4.78 is 0. The summed E-state index contributed by atoms with van der Waals surface area (Å²) in [6.07, 6.45) is 18.4. The molecule has 0 aromatic rings. The van der Waals surface area contributed by atoms with Gasteiger partial charge in [-0.05, 0) is 13.0 Å². The highest BCUT2D eigenvalue weighted by Crippen LogP contribution is 2.12. The minimum atomic E-state index is 0. The smallest absolute Gasteiger partial charge is 0.316 e. The molecule has 0 fully saturated rings. The third-order valence-electron chi connectivity index (χ3n) is 3.31. The summed E-state index contributed by atoms with van der Waals surface area (Å²) in [5.74, 6) is 0. The van der Waals surface area contributed by atoms with Gasteiger partial charge in [0.05, 0.1) is 0 Å². The highest BCUT2D eigenvalue weighted by Gasteiger charge is 1.92. The fourth-order valence-corrected chi connectivity index (χ4v) is 2.16. The van der Waals surface area contributed by atoms with Gasteiger partial charge in [0.15, 0.2) is 0 Å². The summed E-state index contributed by atoms with van der Waals surface area (Å²) in [5.41, 5.74) is 5.46. The van der Waals surface area contributed by atoms with Crippen LogP contribution in [0.3, 0.4) is 0 Å². The van der Waals surface area contributed by atoms with Crippen LogP contribution in [0.1, 0.15) is 90.4 Å². The van der Waals surface area contributed by atoms with Gasteiger partial charge in [-0.3, -0.25) is 0 Å². The Kier molecular flexibility index (Phi) is 22.5.